The van der Waals surface area contributed by atoms with Crippen molar-refractivity contribution in [1.82, 2.24) is 0 Å². The highest BCUT2D eigenvalue weighted by Gasteiger charge is 2.24. The fraction of sp³-hybridized carbons (Fsp3) is 0.0938. The third kappa shape index (κ3) is 8.07. The number of fused-ring (bicyclic) bond motifs is 1. The average Bonchev–Trinajstić information content (AvgIpc) is 3.40. The molecule has 65 heavy (non-hydrogen) atoms. The zero-order chi connectivity index (χ0) is 43.4. The monoisotopic (exact) mass is 833 g/mol. The molecule has 10 aromatic rings. The summed E-state index contributed by atoms with van der Waals surface area (Å²) in [6.07, 6.45) is 6.46. The first kappa shape index (κ1) is 40.1. The molecule has 0 atom stereocenters. The van der Waals surface area contributed by atoms with Gasteiger partial charge in [-0.25, -0.2) is 0 Å². The first-order valence-corrected chi connectivity index (χ1v) is 23.3. The van der Waals surface area contributed by atoms with Crippen LogP contribution in [0.4, 0.5) is 17.1 Å². The van der Waals surface area contributed by atoms with Gasteiger partial charge in [0.05, 0.1) is 11.4 Å². The number of rotatable bonds is 10. The number of nitrogens with zero attached hydrogens (tertiary/aromatic N) is 1. The summed E-state index contributed by atoms with van der Waals surface area (Å²) in [6.45, 7) is 0. The smallest absolute Gasteiger partial charge is 0.0540 e. The standard InChI is InChI=1S/C64H51N/c1-5-19-46(20-6-1)47-35-37-52(38-36-47)57-29-13-15-33-62(57)65(63-34-16-14-30-59(63)60-32-18-28-53-27-17-31-58(64(53)60)50-23-9-3-10-24-50)55-42-39-48(40-43-55)54-41-44-56(49-21-7-2-8-22-49)61(45-54)51-25-11-4-12-26-51/h1-2,4-8,11-22,25-45,50H,3,9-10,23-24H2. The predicted molar refractivity (Wildman–Crippen MR) is 277 cm³/mol. The van der Waals surface area contributed by atoms with Gasteiger partial charge in [0.1, 0.15) is 0 Å². The van der Waals surface area contributed by atoms with Gasteiger partial charge in [-0.1, -0.05) is 232 Å². The van der Waals surface area contributed by atoms with E-state index in [4.69, 9.17) is 0 Å². The summed E-state index contributed by atoms with van der Waals surface area (Å²) in [5.41, 5.74) is 19.4. The maximum Gasteiger partial charge on any atom is 0.0540 e. The maximum atomic E-state index is 2.50. The Bertz CT molecular complexity index is 3190. The molecule has 1 fully saturated rings. The zero-order valence-corrected chi connectivity index (χ0v) is 36.7. The van der Waals surface area contributed by atoms with Crippen LogP contribution in [0.3, 0.4) is 0 Å². The van der Waals surface area contributed by atoms with Crippen molar-refractivity contribution in [2.24, 2.45) is 0 Å². The number of benzene rings is 10. The summed E-state index contributed by atoms with van der Waals surface area (Å²) in [7, 11) is 0. The number of hydrogen-bond acceptors (Lipinski definition) is 1. The van der Waals surface area contributed by atoms with E-state index in [0.29, 0.717) is 5.92 Å². The molecule has 0 radical (unpaired) electrons. The maximum absolute atomic E-state index is 2.50. The molecule has 0 unspecified atom stereocenters. The van der Waals surface area contributed by atoms with Gasteiger partial charge in [0.2, 0.25) is 0 Å². The van der Waals surface area contributed by atoms with Crippen LogP contribution in [0, 0.1) is 0 Å². The van der Waals surface area contributed by atoms with Crippen molar-refractivity contribution in [3.63, 3.8) is 0 Å². The van der Waals surface area contributed by atoms with E-state index in [0.717, 1.165) is 17.1 Å². The molecule has 10 aromatic carbocycles. The highest BCUT2D eigenvalue weighted by Crippen LogP contribution is 2.48. The first-order chi connectivity index (χ1) is 32.3. The van der Waals surface area contributed by atoms with Crippen LogP contribution < -0.4 is 4.90 Å². The van der Waals surface area contributed by atoms with Gasteiger partial charge in [0.25, 0.3) is 0 Å². The van der Waals surface area contributed by atoms with Gasteiger partial charge in [-0.05, 0) is 121 Å². The topological polar surface area (TPSA) is 3.24 Å². The zero-order valence-electron chi connectivity index (χ0n) is 36.7. The average molecular weight is 834 g/mol. The molecule has 1 nitrogen and oxygen atoms in total. The molecule has 312 valence electrons. The highest BCUT2D eigenvalue weighted by molar-refractivity contribution is 6.04. The molecule has 0 spiro atoms. The molecule has 1 aliphatic rings. The van der Waals surface area contributed by atoms with Crippen LogP contribution in [-0.2, 0) is 0 Å². The molecular weight excluding hydrogens is 783 g/mol. The minimum Gasteiger partial charge on any atom is -0.309 e. The van der Waals surface area contributed by atoms with E-state index in [1.54, 1.807) is 0 Å². The Balaban J connectivity index is 1.07. The molecule has 0 saturated heterocycles. The van der Waals surface area contributed by atoms with Gasteiger partial charge in [-0.3, -0.25) is 0 Å². The Morgan fingerprint density at radius 1 is 0.292 bits per heavy atom. The Kier molecular flexibility index (Phi) is 11.2. The molecular formula is C64H51N. The molecule has 1 aliphatic carbocycles. The summed E-state index contributed by atoms with van der Waals surface area (Å²) in [5.74, 6) is 0.577. The van der Waals surface area contributed by atoms with Crippen LogP contribution in [0.25, 0.3) is 77.5 Å². The van der Waals surface area contributed by atoms with Crippen molar-refractivity contribution < 1.29 is 0 Å². The third-order valence-corrected chi connectivity index (χ3v) is 13.5. The van der Waals surface area contributed by atoms with E-state index in [9.17, 15) is 0 Å². The summed E-state index contributed by atoms with van der Waals surface area (Å²) >= 11 is 0. The van der Waals surface area contributed by atoms with E-state index in [-0.39, 0.29) is 0 Å². The van der Waals surface area contributed by atoms with Crippen LogP contribution >= 0.6 is 0 Å². The Morgan fingerprint density at radius 3 is 1.43 bits per heavy atom. The largest absolute Gasteiger partial charge is 0.309 e. The highest BCUT2D eigenvalue weighted by atomic mass is 15.1. The van der Waals surface area contributed by atoms with Gasteiger partial charge < -0.3 is 4.90 Å². The number of hydrogen-bond donors (Lipinski definition) is 0. The van der Waals surface area contributed by atoms with Crippen molar-refractivity contribution in [1.29, 1.82) is 0 Å². The first-order valence-electron chi connectivity index (χ1n) is 23.3. The van der Waals surface area contributed by atoms with Crippen LogP contribution in [0.5, 0.6) is 0 Å². The van der Waals surface area contributed by atoms with Gasteiger partial charge in [-0.15, -0.1) is 0 Å². The van der Waals surface area contributed by atoms with Crippen molar-refractivity contribution in [3.8, 4) is 66.8 Å². The lowest BCUT2D eigenvalue weighted by atomic mass is 9.80. The summed E-state index contributed by atoms with van der Waals surface area (Å²) in [6, 6.07) is 89.2. The summed E-state index contributed by atoms with van der Waals surface area (Å²) in [5, 5.41) is 2.70. The normalized spacial score (nSPS) is 12.9. The molecule has 0 bridgehead atoms. The second-order valence-corrected chi connectivity index (χ2v) is 17.4. The van der Waals surface area contributed by atoms with Crippen molar-refractivity contribution >= 4 is 27.8 Å². The van der Waals surface area contributed by atoms with E-state index in [1.807, 2.05) is 0 Å². The molecule has 1 saturated carbocycles. The minimum absolute atomic E-state index is 0.577. The van der Waals surface area contributed by atoms with Crippen molar-refractivity contribution in [2.75, 3.05) is 4.90 Å². The lowest BCUT2D eigenvalue weighted by molar-refractivity contribution is 0.445. The van der Waals surface area contributed by atoms with E-state index >= 15 is 0 Å². The van der Waals surface area contributed by atoms with Crippen LogP contribution in [0.1, 0.15) is 43.6 Å². The lowest BCUT2D eigenvalue weighted by Gasteiger charge is -2.31. The molecule has 0 N–H and O–H groups in total. The second-order valence-electron chi connectivity index (χ2n) is 17.4. The fourth-order valence-electron chi connectivity index (χ4n) is 10.3. The SMILES string of the molecule is c1ccc(-c2ccc(-c3ccccc3N(c3ccc(-c4ccc(-c5ccccc5)c(-c5ccccc5)c4)cc3)c3ccccc3-c3cccc4cccc(C5CCCCC5)c34)cc2)cc1. The Morgan fingerprint density at radius 2 is 0.754 bits per heavy atom. The van der Waals surface area contributed by atoms with Crippen LogP contribution in [0.2, 0.25) is 0 Å². The van der Waals surface area contributed by atoms with E-state index < -0.39 is 0 Å². The molecule has 0 heterocycles. The number of anilines is 3. The van der Waals surface area contributed by atoms with Gasteiger partial charge in [0.15, 0.2) is 0 Å². The number of para-hydroxylation sites is 2. The van der Waals surface area contributed by atoms with Gasteiger partial charge >= 0.3 is 0 Å². The molecule has 0 aromatic heterocycles. The quantitative estimate of drug-likeness (QED) is 0.133. The molecule has 11 rings (SSSR count). The van der Waals surface area contributed by atoms with Crippen molar-refractivity contribution in [3.05, 3.63) is 248 Å². The van der Waals surface area contributed by atoms with Crippen molar-refractivity contribution in [2.45, 2.75) is 38.0 Å². The fourth-order valence-corrected chi connectivity index (χ4v) is 10.3. The lowest BCUT2D eigenvalue weighted by Crippen LogP contribution is -2.12. The molecule has 1 heteroatoms. The Labute approximate surface area is 384 Å². The predicted octanol–water partition coefficient (Wildman–Crippen LogP) is 18.4. The van der Waals surface area contributed by atoms with Gasteiger partial charge in [-0.2, -0.15) is 0 Å². The minimum atomic E-state index is 0.577. The van der Waals surface area contributed by atoms with Crippen LogP contribution in [0.15, 0.2) is 243 Å². The molecule has 0 amide bonds. The van der Waals surface area contributed by atoms with Gasteiger partial charge in [0, 0.05) is 16.8 Å². The molecule has 0 aliphatic heterocycles. The second kappa shape index (κ2) is 18.2. The summed E-state index contributed by atoms with van der Waals surface area (Å²) < 4.78 is 0. The summed E-state index contributed by atoms with van der Waals surface area (Å²) in [4.78, 5) is 2.50. The third-order valence-electron chi connectivity index (χ3n) is 13.5. The van der Waals surface area contributed by atoms with Crippen LogP contribution in [-0.4, -0.2) is 0 Å². The van der Waals surface area contributed by atoms with E-state index in [1.165, 1.54) is 115 Å². The van der Waals surface area contributed by atoms with E-state index in [2.05, 4.69) is 248 Å². The Hall–Kier alpha value is -7.74.